The van der Waals surface area contributed by atoms with E-state index in [-0.39, 0.29) is 35.8 Å². The monoisotopic (exact) mass is 444 g/mol. The Labute approximate surface area is 173 Å². The molecule has 1 saturated heterocycles. The Bertz CT molecular complexity index is 947. The van der Waals surface area contributed by atoms with Gasteiger partial charge in [0, 0.05) is 25.2 Å². The molecule has 0 spiro atoms. The number of sulfone groups is 1. The zero-order valence-corrected chi connectivity index (χ0v) is 17.9. The molecule has 1 aliphatic heterocycles. The maximum absolute atomic E-state index is 12.4. The number of thioether (sulfide) groups is 1. The lowest BCUT2D eigenvalue weighted by atomic mass is 10.2. The molecule has 0 bridgehead atoms. The first-order chi connectivity index (χ1) is 13.2. The molecule has 28 heavy (non-hydrogen) atoms. The van der Waals surface area contributed by atoms with Crippen LogP contribution in [0.3, 0.4) is 0 Å². The third-order valence-corrected chi connectivity index (χ3v) is 7.59. The second kappa shape index (κ2) is 8.71. The van der Waals surface area contributed by atoms with Crippen molar-refractivity contribution in [2.45, 2.75) is 24.2 Å². The molecule has 0 aliphatic carbocycles. The smallest absolute Gasteiger partial charge is 0.233 e. The third kappa shape index (κ3) is 5.18. The van der Waals surface area contributed by atoms with Crippen LogP contribution in [0, 0.1) is 0 Å². The molecule has 2 aromatic rings. The van der Waals surface area contributed by atoms with Crippen LogP contribution in [0.2, 0.25) is 5.02 Å². The number of carbonyl (C=O) groups excluding carboxylic acids is 1. The van der Waals surface area contributed by atoms with Crippen molar-refractivity contribution in [1.29, 1.82) is 0 Å². The standard InChI is InChI=1S/C17H21ClN4O4S2/c1-21(13-7-8-28(24,25)11-13)16(23)10-27-17-20-19-15(22(17)2)9-26-14-5-3-12(18)4-6-14/h3-6,13H,7-11H2,1-2H3/t13-/m0/s1. The van der Waals surface area contributed by atoms with E-state index in [0.717, 1.165) is 0 Å². The summed E-state index contributed by atoms with van der Waals surface area (Å²) in [5.41, 5.74) is 0. The topological polar surface area (TPSA) is 94.4 Å². The highest BCUT2D eigenvalue weighted by molar-refractivity contribution is 7.99. The Morgan fingerprint density at radius 3 is 2.71 bits per heavy atom. The number of amides is 1. The molecule has 1 aromatic heterocycles. The molecule has 11 heteroatoms. The lowest BCUT2D eigenvalue weighted by Gasteiger charge is -2.23. The number of nitrogens with zero attached hydrogens (tertiary/aromatic N) is 4. The van der Waals surface area contributed by atoms with Crippen molar-refractivity contribution in [2.75, 3.05) is 24.3 Å². The van der Waals surface area contributed by atoms with Gasteiger partial charge >= 0.3 is 0 Å². The molecule has 1 amide bonds. The minimum atomic E-state index is -3.02. The highest BCUT2D eigenvalue weighted by Gasteiger charge is 2.32. The van der Waals surface area contributed by atoms with Crippen LogP contribution in [0.25, 0.3) is 0 Å². The van der Waals surface area contributed by atoms with E-state index in [4.69, 9.17) is 16.3 Å². The predicted molar refractivity (Wildman–Crippen MR) is 107 cm³/mol. The van der Waals surface area contributed by atoms with Crippen LogP contribution in [0.15, 0.2) is 29.4 Å². The van der Waals surface area contributed by atoms with Crippen LogP contribution in [-0.2, 0) is 28.3 Å². The van der Waals surface area contributed by atoms with Gasteiger partial charge in [-0.3, -0.25) is 4.79 Å². The molecule has 152 valence electrons. The molecular weight excluding hydrogens is 424 g/mol. The summed E-state index contributed by atoms with van der Waals surface area (Å²) in [4.78, 5) is 13.9. The normalized spacial score (nSPS) is 18.2. The van der Waals surface area contributed by atoms with E-state index in [0.29, 0.717) is 28.2 Å². The molecule has 0 radical (unpaired) electrons. The van der Waals surface area contributed by atoms with Gasteiger partial charge in [-0.25, -0.2) is 8.42 Å². The molecule has 1 aliphatic rings. The van der Waals surface area contributed by atoms with Crippen LogP contribution in [0.4, 0.5) is 0 Å². The summed E-state index contributed by atoms with van der Waals surface area (Å²) in [6.45, 7) is 0.236. The summed E-state index contributed by atoms with van der Waals surface area (Å²) in [6.07, 6.45) is 0.491. The quantitative estimate of drug-likeness (QED) is 0.601. The second-order valence-electron chi connectivity index (χ2n) is 6.55. The molecular formula is C17H21ClN4O4S2. The maximum atomic E-state index is 12.4. The fourth-order valence-corrected chi connectivity index (χ4v) is 5.54. The van der Waals surface area contributed by atoms with E-state index in [1.54, 1.807) is 42.9 Å². The SMILES string of the molecule is CN(C(=O)CSc1nnc(COc2ccc(Cl)cc2)n1C)[C@H]1CCS(=O)(=O)C1. The number of carbonyl (C=O) groups is 1. The first kappa shape index (κ1) is 20.9. The van der Waals surface area contributed by atoms with Gasteiger partial charge in [-0.2, -0.15) is 0 Å². The number of aromatic nitrogens is 3. The molecule has 3 rings (SSSR count). The molecule has 8 nitrogen and oxygen atoms in total. The number of rotatable bonds is 7. The van der Waals surface area contributed by atoms with Crippen molar-refractivity contribution < 1.29 is 17.9 Å². The van der Waals surface area contributed by atoms with Crippen LogP contribution >= 0.6 is 23.4 Å². The van der Waals surface area contributed by atoms with Crippen molar-refractivity contribution in [3.8, 4) is 5.75 Å². The largest absolute Gasteiger partial charge is 0.486 e. The minimum Gasteiger partial charge on any atom is -0.486 e. The van der Waals surface area contributed by atoms with E-state index in [1.165, 1.54) is 16.7 Å². The van der Waals surface area contributed by atoms with Gasteiger partial charge in [0.15, 0.2) is 20.8 Å². The Balaban J connectivity index is 1.52. The Hall–Kier alpha value is -1.78. The molecule has 0 N–H and O–H groups in total. The van der Waals surface area contributed by atoms with Crippen LogP contribution in [-0.4, -0.2) is 64.3 Å². The number of hydrogen-bond donors (Lipinski definition) is 0. The summed E-state index contributed by atoms with van der Waals surface area (Å²) in [5, 5.41) is 9.43. The summed E-state index contributed by atoms with van der Waals surface area (Å²) >= 11 is 7.11. The van der Waals surface area contributed by atoms with Gasteiger partial charge in [0.1, 0.15) is 12.4 Å². The van der Waals surface area contributed by atoms with E-state index >= 15 is 0 Å². The Morgan fingerprint density at radius 2 is 2.07 bits per heavy atom. The van der Waals surface area contributed by atoms with E-state index in [2.05, 4.69) is 10.2 Å². The van der Waals surface area contributed by atoms with E-state index in [9.17, 15) is 13.2 Å². The van der Waals surface area contributed by atoms with Gasteiger partial charge in [-0.05, 0) is 30.7 Å². The predicted octanol–water partition coefficient (Wildman–Crippen LogP) is 1.79. The molecule has 1 aromatic carbocycles. The molecule has 0 saturated carbocycles. The van der Waals surface area contributed by atoms with Gasteiger partial charge in [0.05, 0.1) is 17.3 Å². The van der Waals surface area contributed by atoms with Gasteiger partial charge < -0.3 is 14.2 Å². The lowest BCUT2D eigenvalue weighted by molar-refractivity contribution is -0.128. The van der Waals surface area contributed by atoms with Gasteiger partial charge in [-0.1, -0.05) is 23.4 Å². The zero-order chi connectivity index (χ0) is 20.3. The van der Waals surface area contributed by atoms with Crippen LogP contribution in [0.1, 0.15) is 12.2 Å². The fourth-order valence-electron chi connectivity index (χ4n) is 2.79. The fraction of sp³-hybridized carbons (Fsp3) is 0.471. The second-order valence-corrected chi connectivity index (χ2v) is 10.2. The third-order valence-electron chi connectivity index (χ3n) is 4.58. The van der Waals surface area contributed by atoms with Gasteiger partial charge in [0.2, 0.25) is 5.91 Å². The number of halogens is 1. The van der Waals surface area contributed by atoms with Crippen LogP contribution < -0.4 is 4.74 Å². The van der Waals surface area contributed by atoms with Gasteiger partial charge in [0.25, 0.3) is 0 Å². The summed E-state index contributed by atoms with van der Waals surface area (Å²) in [5.74, 6) is 1.51. The van der Waals surface area contributed by atoms with E-state index < -0.39 is 9.84 Å². The molecule has 2 heterocycles. The molecule has 1 fully saturated rings. The first-order valence-electron chi connectivity index (χ1n) is 8.61. The summed E-state index contributed by atoms with van der Waals surface area (Å²) in [7, 11) is 0.431. The first-order valence-corrected chi connectivity index (χ1v) is 11.8. The van der Waals surface area contributed by atoms with E-state index in [1.807, 2.05) is 0 Å². The van der Waals surface area contributed by atoms with Crippen molar-refractivity contribution in [2.24, 2.45) is 7.05 Å². The van der Waals surface area contributed by atoms with Crippen molar-refractivity contribution in [1.82, 2.24) is 19.7 Å². The lowest BCUT2D eigenvalue weighted by Crippen LogP contribution is -2.38. The van der Waals surface area contributed by atoms with Gasteiger partial charge in [-0.15, -0.1) is 10.2 Å². The van der Waals surface area contributed by atoms with Crippen molar-refractivity contribution in [3.63, 3.8) is 0 Å². The molecule has 1 atom stereocenters. The maximum Gasteiger partial charge on any atom is 0.233 e. The number of ether oxygens (including phenoxy) is 1. The van der Waals surface area contributed by atoms with Crippen molar-refractivity contribution >= 4 is 39.1 Å². The average Bonchev–Trinajstić information content (AvgIpc) is 3.20. The highest BCUT2D eigenvalue weighted by atomic mass is 35.5. The summed E-state index contributed by atoms with van der Waals surface area (Å²) < 4.78 is 30.6. The van der Waals surface area contributed by atoms with Crippen molar-refractivity contribution in [3.05, 3.63) is 35.1 Å². The highest BCUT2D eigenvalue weighted by Crippen LogP contribution is 2.21. The minimum absolute atomic E-state index is 0.0378. The number of benzene rings is 1. The molecule has 0 unspecified atom stereocenters. The van der Waals surface area contributed by atoms with Crippen LogP contribution in [0.5, 0.6) is 5.75 Å². The Morgan fingerprint density at radius 1 is 1.36 bits per heavy atom. The Kier molecular flexibility index (Phi) is 6.51. The summed E-state index contributed by atoms with van der Waals surface area (Å²) in [6, 6.07) is 6.78. The average molecular weight is 445 g/mol. The number of hydrogen-bond acceptors (Lipinski definition) is 7. The zero-order valence-electron chi connectivity index (χ0n) is 15.5.